The molecule has 13 nitrogen and oxygen atoms in total. The molecule has 0 saturated heterocycles. The monoisotopic (exact) mass is 529 g/mol. The molecule has 0 saturated carbocycles. The molecule has 10 N–H and O–H groups in total. The molecule has 0 aromatic heterocycles. The number of primary amides is 1. The van der Waals surface area contributed by atoms with Crippen LogP contribution in [0.1, 0.15) is 24.0 Å². The number of aliphatic carboxylic acids is 1. The first-order chi connectivity index (χ1) is 17.9. The highest BCUT2D eigenvalue weighted by molar-refractivity contribution is 5.93. The molecule has 13 heteroatoms. The van der Waals surface area contributed by atoms with E-state index in [4.69, 9.17) is 11.5 Å². The molecular formula is C25H31N5O8. The predicted molar refractivity (Wildman–Crippen MR) is 135 cm³/mol. The van der Waals surface area contributed by atoms with E-state index >= 15 is 0 Å². The lowest BCUT2D eigenvalue weighted by molar-refractivity contribution is -0.142. The lowest BCUT2D eigenvalue weighted by Crippen LogP contribution is -2.54. The highest BCUT2D eigenvalue weighted by Gasteiger charge is 2.27. The summed E-state index contributed by atoms with van der Waals surface area (Å²) in [5.74, 6) is -4.27. The fourth-order valence-electron chi connectivity index (χ4n) is 3.42. The molecule has 3 unspecified atom stereocenters. The normalized spacial score (nSPS) is 13.0. The number of carboxylic acid groups (broad SMARTS) is 1. The molecule has 204 valence electrons. The number of amides is 4. The van der Waals surface area contributed by atoms with Crippen LogP contribution in [0.5, 0.6) is 11.5 Å². The third kappa shape index (κ3) is 10.1. The van der Waals surface area contributed by atoms with E-state index in [9.17, 15) is 39.3 Å². The number of phenolic OH excluding ortho intramolecular Hbond substituents is 2. The molecule has 0 aliphatic heterocycles. The van der Waals surface area contributed by atoms with E-state index in [-0.39, 0.29) is 37.2 Å². The second kappa shape index (κ2) is 14.2. The van der Waals surface area contributed by atoms with Crippen molar-refractivity contribution in [3.63, 3.8) is 0 Å². The van der Waals surface area contributed by atoms with Crippen LogP contribution < -0.4 is 27.4 Å². The summed E-state index contributed by atoms with van der Waals surface area (Å²) in [6, 6.07) is 8.18. The summed E-state index contributed by atoms with van der Waals surface area (Å²) < 4.78 is 0. The summed E-state index contributed by atoms with van der Waals surface area (Å²) >= 11 is 0. The summed E-state index contributed by atoms with van der Waals surface area (Å²) in [6.45, 7) is -0.529. The van der Waals surface area contributed by atoms with Gasteiger partial charge in [0.2, 0.25) is 23.6 Å². The Morgan fingerprint density at radius 1 is 0.763 bits per heavy atom. The van der Waals surface area contributed by atoms with Crippen molar-refractivity contribution in [2.75, 3.05) is 6.54 Å². The largest absolute Gasteiger partial charge is 0.508 e. The molecule has 2 aromatic carbocycles. The predicted octanol–water partition coefficient (Wildman–Crippen LogP) is -1.35. The number of benzene rings is 2. The van der Waals surface area contributed by atoms with Crippen molar-refractivity contribution in [3.05, 3.63) is 59.7 Å². The lowest BCUT2D eigenvalue weighted by atomic mass is 10.0. The summed E-state index contributed by atoms with van der Waals surface area (Å²) in [5, 5.41) is 35.3. The number of rotatable bonds is 14. The van der Waals surface area contributed by atoms with E-state index in [2.05, 4.69) is 16.0 Å². The zero-order valence-corrected chi connectivity index (χ0v) is 20.4. The Kier molecular flexibility index (Phi) is 11.0. The molecule has 0 aliphatic rings. The van der Waals surface area contributed by atoms with E-state index in [0.717, 1.165) is 0 Å². The number of hydrogen-bond acceptors (Lipinski definition) is 8. The average Bonchev–Trinajstić information content (AvgIpc) is 2.86. The Hall–Kier alpha value is -4.65. The van der Waals surface area contributed by atoms with Gasteiger partial charge in [-0.25, -0.2) is 4.79 Å². The number of aromatic hydroxyl groups is 2. The first-order valence-electron chi connectivity index (χ1n) is 11.6. The zero-order valence-electron chi connectivity index (χ0n) is 20.4. The van der Waals surface area contributed by atoms with Gasteiger partial charge >= 0.3 is 5.97 Å². The van der Waals surface area contributed by atoms with Crippen LogP contribution in [-0.2, 0) is 36.8 Å². The third-order valence-electron chi connectivity index (χ3n) is 5.47. The maximum absolute atomic E-state index is 12.8. The molecule has 2 aromatic rings. The summed E-state index contributed by atoms with van der Waals surface area (Å²) in [6.07, 6.45) is -0.424. The van der Waals surface area contributed by atoms with Gasteiger partial charge in [-0.3, -0.25) is 19.2 Å². The molecule has 38 heavy (non-hydrogen) atoms. The van der Waals surface area contributed by atoms with Crippen molar-refractivity contribution in [3.8, 4) is 11.5 Å². The lowest BCUT2D eigenvalue weighted by Gasteiger charge is -2.21. The smallest absolute Gasteiger partial charge is 0.326 e. The molecular weight excluding hydrogens is 498 g/mol. The Balaban J connectivity index is 1.96. The highest BCUT2D eigenvalue weighted by Crippen LogP contribution is 2.12. The van der Waals surface area contributed by atoms with Crippen LogP contribution in [0.4, 0.5) is 0 Å². The number of hydrogen-bond donors (Lipinski definition) is 8. The van der Waals surface area contributed by atoms with Crippen molar-refractivity contribution in [1.82, 2.24) is 16.0 Å². The zero-order chi connectivity index (χ0) is 28.2. The van der Waals surface area contributed by atoms with Gasteiger partial charge in [-0.05, 0) is 48.2 Å². The van der Waals surface area contributed by atoms with Crippen LogP contribution in [0.25, 0.3) is 0 Å². The Bertz CT molecular complexity index is 1140. The molecule has 0 spiro atoms. The van der Waals surface area contributed by atoms with E-state index in [1.54, 1.807) is 12.1 Å². The molecule has 2 rings (SSSR count). The number of nitrogens with one attached hydrogen (secondary N) is 3. The Morgan fingerprint density at radius 2 is 1.29 bits per heavy atom. The molecule has 0 fully saturated rings. The Labute approximate surface area is 218 Å². The number of nitrogens with two attached hydrogens (primary N) is 2. The molecule has 4 amide bonds. The van der Waals surface area contributed by atoms with Gasteiger partial charge in [0.1, 0.15) is 23.6 Å². The summed E-state index contributed by atoms with van der Waals surface area (Å²) in [7, 11) is 0. The van der Waals surface area contributed by atoms with Crippen LogP contribution in [0, 0.1) is 0 Å². The van der Waals surface area contributed by atoms with E-state index < -0.39 is 54.3 Å². The van der Waals surface area contributed by atoms with Crippen LogP contribution in [0.2, 0.25) is 0 Å². The van der Waals surface area contributed by atoms with Crippen molar-refractivity contribution in [2.45, 2.75) is 43.8 Å². The number of carbonyl (C=O) groups excluding carboxylic acids is 4. The first-order valence-corrected chi connectivity index (χ1v) is 11.6. The fraction of sp³-hybridized carbons (Fsp3) is 0.320. The summed E-state index contributed by atoms with van der Waals surface area (Å²) in [4.78, 5) is 60.5. The summed E-state index contributed by atoms with van der Waals surface area (Å²) in [5.41, 5.74) is 12.2. The van der Waals surface area contributed by atoms with Gasteiger partial charge in [-0.1, -0.05) is 24.3 Å². The van der Waals surface area contributed by atoms with E-state index in [0.29, 0.717) is 11.1 Å². The van der Waals surface area contributed by atoms with Crippen molar-refractivity contribution < 1.29 is 39.3 Å². The third-order valence-corrected chi connectivity index (χ3v) is 5.47. The SMILES string of the molecule is NC(=O)CCC(NC(=O)CNC(=O)C(N)Cc1ccc(O)cc1)C(=O)NC(Cc1ccc(O)cc1)C(=O)O. The topological polar surface area (TPSA) is 234 Å². The first kappa shape index (κ1) is 29.6. The van der Waals surface area contributed by atoms with Gasteiger partial charge < -0.3 is 42.7 Å². The standard InChI is InChI=1S/C25H31N5O8/c26-18(11-14-1-5-16(31)6-2-14)23(35)28-13-22(34)29-19(9-10-21(27)33)24(36)30-20(25(37)38)12-15-3-7-17(32)8-4-15/h1-8,18-20,31-32H,9-13,26H2,(H2,27,33)(H,28,35)(H,29,34)(H,30,36)(H,37,38). The minimum absolute atomic E-state index is 0.00714. The van der Waals surface area contributed by atoms with Crippen LogP contribution in [0.15, 0.2) is 48.5 Å². The molecule has 0 radical (unpaired) electrons. The number of phenols is 2. The van der Waals surface area contributed by atoms with Crippen molar-refractivity contribution in [2.24, 2.45) is 11.5 Å². The minimum Gasteiger partial charge on any atom is -0.508 e. The fourth-order valence-corrected chi connectivity index (χ4v) is 3.42. The Morgan fingerprint density at radius 3 is 1.79 bits per heavy atom. The second-order valence-corrected chi connectivity index (χ2v) is 8.59. The van der Waals surface area contributed by atoms with E-state index in [1.165, 1.54) is 36.4 Å². The maximum Gasteiger partial charge on any atom is 0.326 e. The maximum atomic E-state index is 12.8. The van der Waals surface area contributed by atoms with Crippen molar-refractivity contribution >= 4 is 29.6 Å². The molecule has 0 bridgehead atoms. The molecule has 0 aliphatic carbocycles. The van der Waals surface area contributed by atoms with Gasteiger partial charge in [0.05, 0.1) is 12.6 Å². The van der Waals surface area contributed by atoms with Crippen LogP contribution in [0.3, 0.4) is 0 Å². The van der Waals surface area contributed by atoms with Gasteiger partial charge in [-0.2, -0.15) is 0 Å². The van der Waals surface area contributed by atoms with Crippen LogP contribution in [-0.4, -0.2) is 69.6 Å². The number of carbonyl (C=O) groups is 5. The van der Waals surface area contributed by atoms with Gasteiger partial charge in [0.25, 0.3) is 0 Å². The molecule has 0 heterocycles. The van der Waals surface area contributed by atoms with Gasteiger partial charge in [0, 0.05) is 12.8 Å². The second-order valence-electron chi connectivity index (χ2n) is 8.59. The van der Waals surface area contributed by atoms with Gasteiger partial charge in [-0.15, -0.1) is 0 Å². The van der Waals surface area contributed by atoms with Gasteiger partial charge in [0.15, 0.2) is 0 Å². The average molecular weight is 530 g/mol. The van der Waals surface area contributed by atoms with E-state index in [1.807, 2.05) is 0 Å². The van der Waals surface area contributed by atoms with Crippen molar-refractivity contribution in [1.29, 1.82) is 0 Å². The quantitative estimate of drug-likeness (QED) is 0.144. The number of carboxylic acids is 1. The molecule has 3 atom stereocenters. The van der Waals surface area contributed by atoms with Crippen LogP contribution >= 0.6 is 0 Å². The highest BCUT2D eigenvalue weighted by atomic mass is 16.4. The minimum atomic E-state index is -1.36.